The summed E-state index contributed by atoms with van der Waals surface area (Å²) in [5.74, 6) is 0.0181. The van der Waals surface area contributed by atoms with E-state index in [0.29, 0.717) is 11.1 Å². The van der Waals surface area contributed by atoms with Gasteiger partial charge in [-0.2, -0.15) is 12.5 Å². The second-order valence-corrected chi connectivity index (χ2v) is 7.22. The molecule has 128 valence electrons. The van der Waals surface area contributed by atoms with Crippen LogP contribution in [-0.4, -0.2) is 22.5 Å². The van der Waals surface area contributed by atoms with Crippen LogP contribution >= 0.6 is 0 Å². The Kier molecular flexibility index (Phi) is 4.01. The van der Waals surface area contributed by atoms with E-state index < -0.39 is 14.9 Å². The first-order chi connectivity index (χ1) is 11.8. The summed E-state index contributed by atoms with van der Waals surface area (Å²) in [5, 5.41) is 14.6. The number of hydrogen-bond acceptors (Lipinski definition) is 6. The first-order valence-corrected chi connectivity index (χ1v) is 8.65. The van der Waals surface area contributed by atoms with Gasteiger partial charge >= 0.3 is 0 Å². The normalized spacial score (nSPS) is 11.4. The minimum Gasteiger partial charge on any atom is -0.382 e. The van der Waals surface area contributed by atoms with E-state index in [2.05, 4.69) is 5.10 Å². The topological polar surface area (TPSA) is 121 Å². The van der Waals surface area contributed by atoms with Crippen LogP contribution in [0.25, 0.3) is 11.1 Å². The van der Waals surface area contributed by atoms with Crippen LogP contribution in [0.5, 0.6) is 0 Å². The fourth-order valence-electron chi connectivity index (χ4n) is 2.29. The molecule has 3 aromatic rings. The van der Waals surface area contributed by atoms with Crippen LogP contribution < -0.4 is 5.73 Å². The first kappa shape index (κ1) is 16.7. The van der Waals surface area contributed by atoms with Gasteiger partial charge in [0.15, 0.2) is 5.82 Å². The summed E-state index contributed by atoms with van der Waals surface area (Å²) in [7, 11) is -3.87. The molecular weight excluding hydrogens is 344 g/mol. The van der Waals surface area contributed by atoms with Crippen LogP contribution in [0.4, 0.5) is 11.5 Å². The Morgan fingerprint density at radius 2 is 1.68 bits per heavy atom. The average molecular weight is 358 g/mol. The fourth-order valence-corrected chi connectivity index (χ4v) is 3.43. The van der Waals surface area contributed by atoms with Crippen LogP contribution in [0, 0.1) is 17.0 Å². The van der Waals surface area contributed by atoms with Crippen molar-refractivity contribution in [2.75, 3.05) is 5.73 Å². The second kappa shape index (κ2) is 6.02. The molecule has 0 unspecified atom stereocenters. The lowest BCUT2D eigenvalue weighted by atomic mass is 10.1. The fraction of sp³-hybridized carbons (Fsp3) is 0.0625. The highest BCUT2D eigenvalue weighted by Gasteiger charge is 2.21. The maximum Gasteiger partial charge on any atom is 0.283 e. The number of non-ortho nitro benzene ring substituents is 1. The third-order valence-corrected chi connectivity index (χ3v) is 5.22. The number of nitro groups is 1. The van der Waals surface area contributed by atoms with Crippen LogP contribution in [-0.2, 0) is 10.0 Å². The molecule has 1 aromatic heterocycles. The number of hydrogen-bond donors (Lipinski definition) is 1. The summed E-state index contributed by atoms with van der Waals surface area (Å²) in [6, 6.07) is 12.0. The Balaban J connectivity index is 2.02. The molecule has 0 spiro atoms. The molecule has 0 aliphatic heterocycles. The number of aromatic nitrogens is 2. The van der Waals surface area contributed by atoms with E-state index in [1.165, 1.54) is 42.6 Å². The number of nitrogens with zero attached hydrogens (tertiary/aromatic N) is 3. The van der Waals surface area contributed by atoms with Gasteiger partial charge < -0.3 is 5.73 Å². The molecule has 8 nitrogen and oxygen atoms in total. The van der Waals surface area contributed by atoms with E-state index in [1.54, 1.807) is 12.1 Å². The van der Waals surface area contributed by atoms with Gasteiger partial charge in [-0.15, -0.1) is 5.10 Å². The van der Waals surface area contributed by atoms with Gasteiger partial charge in [0.2, 0.25) is 0 Å². The maximum absolute atomic E-state index is 12.6. The first-order valence-electron chi connectivity index (χ1n) is 7.21. The summed E-state index contributed by atoms with van der Waals surface area (Å²) >= 11 is 0. The minimum absolute atomic E-state index is 0.0181. The minimum atomic E-state index is -3.87. The molecule has 0 amide bonds. The predicted octanol–water partition coefficient (Wildman–Crippen LogP) is 2.59. The summed E-state index contributed by atoms with van der Waals surface area (Å²) < 4.78 is 26.1. The number of aryl methyl sites for hydroxylation is 1. The van der Waals surface area contributed by atoms with Crippen molar-refractivity contribution in [3.63, 3.8) is 0 Å². The molecule has 0 saturated heterocycles. The van der Waals surface area contributed by atoms with Crippen molar-refractivity contribution in [2.45, 2.75) is 11.8 Å². The van der Waals surface area contributed by atoms with Crippen molar-refractivity contribution in [1.82, 2.24) is 9.19 Å². The van der Waals surface area contributed by atoms with Gasteiger partial charge in [-0.3, -0.25) is 10.1 Å². The Morgan fingerprint density at radius 1 is 1.08 bits per heavy atom. The van der Waals surface area contributed by atoms with Crippen molar-refractivity contribution >= 4 is 21.5 Å². The highest BCUT2D eigenvalue weighted by atomic mass is 32.2. The summed E-state index contributed by atoms with van der Waals surface area (Å²) in [6.07, 6.45) is 1.30. The predicted molar refractivity (Wildman–Crippen MR) is 92.5 cm³/mol. The van der Waals surface area contributed by atoms with Crippen LogP contribution in [0.15, 0.2) is 59.6 Å². The van der Waals surface area contributed by atoms with E-state index in [4.69, 9.17) is 5.73 Å². The maximum atomic E-state index is 12.6. The van der Waals surface area contributed by atoms with Gasteiger partial charge in [-0.1, -0.05) is 17.7 Å². The summed E-state index contributed by atoms with van der Waals surface area (Å²) in [6.45, 7) is 1.86. The zero-order chi connectivity index (χ0) is 18.2. The molecule has 0 aliphatic rings. The quantitative estimate of drug-likeness (QED) is 0.565. The van der Waals surface area contributed by atoms with Gasteiger partial charge in [0.05, 0.1) is 16.0 Å². The molecule has 0 atom stereocenters. The largest absolute Gasteiger partial charge is 0.382 e. The molecule has 0 fully saturated rings. The van der Waals surface area contributed by atoms with Gasteiger partial charge in [-0.05, 0) is 36.8 Å². The Morgan fingerprint density at radius 3 is 2.24 bits per heavy atom. The average Bonchev–Trinajstić information content (AvgIpc) is 2.98. The standard InChI is InChI=1S/C16H14N4O4S/c1-11-2-8-14(9-3-11)25(23,24)19-10-15(16(17)18-19)12-4-6-13(7-5-12)20(21)22/h2-10H,1H3,(H2,17,18). The lowest BCUT2D eigenvalue weighted by Gasteiger charge is -2.04. The van der Waals surface area contributed by atoms with Gasteiger partial charge in [-0.25, -0.2) is 0 Å². The highest BCUT2D eigenvalue weighted by molar-refractivity contribution is 7.89. The van der Waals surface area contributed by atoms with E-state index in [0.717, 1.165) is 9.65 Å². The molecule has 0 aliphatic carbocycles. The number of nitro benzene ring substituents is 1. The second-order valence-electron chi connectivity index (χ2n) is 5.42. The van der Waals surface area contributed by atoms with E-state index in [-0.39, 0.29) is 16.4 Å². The Bertz CT molecular complexity index is 1040. The van der Waals surface area contributed by atoms with Crippen molar-refractivity contribution in [1.29, 1.82) is 0 Å². The smallest absolute Gasteiger partial charge is 0.283 e. The lowest BCUT2D eigenvalue weighted by molar-refractivity contribution is -0.384. The van der Waals surface area contributed by atoms with Crippen molar-refractivity contribution in [3.8, 4) is 11.1 Å². The SMILES string of the molecule is Cc1ccc(S(=O)(=O)n2cc(-c3ccc([N+](=O)[O-])cc3)c(N)n2)cc1. The Hall–Kier alpha value is -3.20. The number of nitrogen functional groups attached to an aromatic ring is 1. The third-order valence-electron chi connectivity index (χ3n) is 3.68. The number of rotatable bonds is 4. The van der Waals surface area contributed by atoms with Crippen LogP contribution in [0.3, 0.4) is 0 Å². The monoisotopic (exact) mass is 358 g/mol. The molecular formula is C16H14N4O4S. The van der Waals surface area contributed by atoms with Crippen LogP contribution in [0.1, 0.15) is 5.56 Å². The molecule has 2 N–H and O–H groups in total. The number of anilines is 1. The van der Waals surface area contributed by atoms with Crippen molar-refractivity contribution in [2.24, 2.45) is 0 Å². The summed E-state index contributed by atoms with van der Waals surface area (Å²) in [4.78, 5) is 10.3. The molecule has 1 heterocycles. The third kappa shape index (κ3) is 3.09. The zero-order valence-electron chi connectivity index (χ0n) is 13.2. The molecule has 9 heteroatoms. The van der Waals surface area contributed by atoms with Gasteiger partial charge in [0.25, 0.3) is 15.7 Å². The Labute approximate surface area is 143 Å². The molecule has 2 aromatic carbocycles. The zero-order valence-corrected chi connectivity index (χ0v) is 14.0. The number of benzene rings is 2. The van der Waals surface area contributed by atoms with E-state index in [9.17, 15) is 18.5 Å². The molecule has 0 bridgehead atoms. The highest BCUT2D eigenvalue weighted by Crippen LogP contribution is 2.28. The van der Waals surface area contributed by atoms with Gasteiger partial charge in [0, 0.05) is 17.7 Å². The molecule has 0 saturated carbocycles. The van der Waals surface area contributed by atoms with Crippen LogP contribution in [0.2, 0.25) is 0 Å². The van der Waals surface area contributed by atoms with Gasteiger partial charge in [0.1, 0.15) is 0 Å². The van der Waals surface area contributed by atoms with Crippen molar-refractivity contribution < 1.29 is 13.3 Å². The van der Waals surface area contributed by atoms with E-state index >= 15 is 0 Å². The number of nitrogens with two attached hydrogens (primary N) is 1. The lowest BCUT2D eigenvalue weighted by Crippen LogP contribution is -2.13. The van der Waals surface area contributed by atoms with E-state index in [1.807, 2.05) is 6.92 Å². The molecule has 3 rings (SSSR count). The molecule has 25 heavy (non-hydrogen) atoms. The molecule has 0 radical (unpaired) electrons. The van der Waals surface area contributed by atoms with Crippen molar-refractivity contribution in [3.05, 3.63) is 70.4 Å². The summed E-state index contributed by atoms with van der Waals surface area (Å²) in [5.41, 5.74) is 7.62.